The number of aromatic nitrogens is 4. The fraction of sp³-hybridized carbons (Fsp3) is 0.388. The van der Waals surface area contributed by atoms with Crippen molar-refractivity contribution >= 4 is 5.57 Å². The van der Waals surface area contributed by atoms with E-state index in [1.165, 1.54) is 56.2 Å². The summed E-state index contributed by atoms with van der Waals surface area (Å²) >= 11 is 0. The van der Waals surface area contributed by atoms with Gasteiger partial charge < -0.3 is 0 Å². The van der Waals surface area contributed by atoms with Gasteiger partial charge in [0.1, 0.15) is 29.6 Å². The molecule has 7 rings (SSSR count). The van der Waals surface area contributed by atoms with Crippen LogP contribution in [-0.4, -0.2) is 14.1 Å². The smallest absolute Gasteiger partial charge is 0.295 e. The van der Waals surface area contributed by atoms with E-state index < -0.39 is 0 Å². The Kier molecular flexibility index (Phi) is 11.6. The summed E-state index contributed by atoms with van der Waals surface area (Å²) in [6, 6.07) is 22.5. The molecule has 0 amide bonds. The molecule has 4 heteroatoms. The van der Waals surface area contributed by atoms with Gasteiger partial charge in [-0.1, -0.05) is 137 Å². The molecule has 0 atom stereocenters. The van der Waals surface area contributed by atoms with Crippen LogP contribution in [0.2, 0.25) is 0 Å². The van der Waals surface area contributed by atoms with Gasteiger partial charge in [0.2, 0.25) is 0 Å². The van der Waals surface area contributed by atoms with E-state index >= 15 is 0 Å². The monoisotopic (exact) mass is 705 g/mol. The van der Waals surface area contributed by atoms with Gasteiger partial charge in [-0.2, -0.15) is 9.13 Å². The van der Waals surface area contributed by atoms with E-state index in [9.17, 15) is 0 Å². The number of imidazole rings is 2. The molecule has 53 heavy (non-hydrogen) atoms. The first-order valence-corrected chi connectivity index (χ1v) is 20.0. The van der Waals surface area contributed by atoms with Crippen molar-refractivity contribution < 1.29 is 4.57 Å². The molecule has 0 fully saturated rings. The minimum Gasteiger partial charge on any atom is -0.299 e. The van der Waals surface area contributed by atoms with Gasteiger partial charge in [0.15, 0.2) is 0 Å². The topological polar surface area (TPSA) is 26.6 Å². The molecule has 0 radical (unpaired) electrons. The van der Waals surface area contributed by atoms with Crippen molar-refractivity contribution in [3.05, 3.63) is 143 Å². The lowest BCUT2D eigenvalue weighted by atomic mass is 9.92. The molecular weight excluding hydrogens is 645 g/mol. The Morgan fingerprint density at radius 2 is 1.23 bits per heavy atom. The van der Waals surface area contributed by atoms with Gasteiger partial charge >= 0.3 is 0 Å². The lowest BCUT2D eigenvalue weighted by Gasteiger charge is -2.22. The Morgan fingerprint density at radius 1 is 0.642 bits per heavy atom. The summed E-state index contributed by atoms with van der Waals surface area (Å²) in [5, 5.41) is 0. The SMILES string of the molecule is CC(C)C.CC(C)c1cccc(C(C)C)c1-n1ccnc1-c1ccccc1-n1cc[n+](-c2c(C(C)C)cccc2C(C)C)c1C1=CC2=C(C=CCC2)C1. The number of benzene rings is 3. The fourth-order valence-corrected chi connectivity index (χ4v) is 7.89. The van der Waals surface area contributed by atoms with Crippen molar-refractivity contribution in [2.45, 2.75) is 119 Å². The Labute approximate surface area is 319 Å². The van der Waals surface area contributed by atoms with Crippen LogP contribution in [0.5, 0.6) is 0 Å². The van der Waals surface area contributed by atoms with Crippen molar-refractivity contribution in [3.8, 4) is 28.5 Å². The Morgan fingerprint density at radius 3 is 1.81 bits per heavy atom. The first-order chi connectivity index (χ1) is 25.4. The third-order valence-electron chi connectivity index (χ3n) is 10.4. The van der Waals surface area contributed by atoms with Crippen LogP contribution in [-0.2, 0) is 0 Å². The zero-order chi connectivity index (χ0) is 38.0. The maximum Gasteiger partial charge on any atom is 0.295 e. The second kappa shape index (κ2) is 16.1. The van der Waals surface area contributed by atoms with E-state index in [0.717, 1.165) is 42.3 Å². The van der Waals surface area contributed by atoms with Crippen molar-refractivity contribution in [3.63, 3.8) is 0 Å². The van der Waals surface area contributed by atoms with E-state index in [1.54, 1.807) is 0 Å². The third kappa shape index (κ3) is 7.70. The summed E-state index contributed by atoms with van der Waals surface area (Å²) in [7, 11) is 0. The van der Waals surface area contributed by atoms with E-state index in [1.807, 2.05) is 6.20 Å². The molecule has 0 bridgehead atoms. The molecule has 0 aliphatic heterocycles. The van der Waals surface area contributed by atoms with Gasteiger partial charge in [0, 0.05) is 35.5 Å². The van der Waals surface area contributed by atoms with E-state index in [4.69, 9.17) is 4.98 Å². The molecular formula is C49H61N4+. The van der Waals surface area contributed by atoms with Crippen LogP contribution < -0.4 is 4.57 Å². The molecule has 276 valence electrons. The highest BCUT2D eigenvalue weighted by molar-refractivity contribution is 5.76. The average molecular weight is 706 g/mol. The van der Waals surface area contributed by atoms with Crippen LogP contribution in [0.3, 0.4) is 0 Å². The van der Waals surface area contributed by atoms with E-state index in [0.29, 0.717) is 23.7 Å². The van der Waals surface area contributed by atoms with Gasteiger partial charge in [-0.25, -0.2) is 4.98 Å². The molecule has 0 saturated heterocycles. The number of nitrogens with zero attached hydrogens (tertiary/aromatic N) is 4. The number of hydrogen-bond donors (Lipinski definition) is 0. The molecule has 4 nitrogen and oxygen atoms in total. The van der Waals surface area contributed by atoms with Crippen LogP contribution in [0.4, 0.5) is 0 Å². The minimum atomic E-state index is 0.382. The number of hydrogen-bond acceptors (Lipinski definition) is 1. The summed E-state index contributed by atoms with van der Waals surface area (Å²) in [5.74, 6) is 4.55. The molecule has 0 saturated carbocycles. The molecule has 3 aromatic carbocycles. The Hall–Kier alpha value is -4.70. The average Bonchev–Trinajstić information content (AvgIpc) is 3.89. The van der Waals surface area contributed by atoms with Crippen LogP contribution >= 0.6 is 0 Å². The molecule has 5 aromatic rings. The van der Waals surface area contributed by atoms with E-state index in [2.05, 4.69) is 187 Å². The van der Waals surface area contributed by atoms with Crippen LogP contribution in [0.1, 0.15) is 147 Å². The Balaban J connectivity index is 0.00000114. The van der Waals surface area contributed by atoms with Crippen LogP contribution in [0.25, 0.3) is 34.0 Å². The van der Waals surface area contributed by atoms with Crippen molar-refractivity contribution in [2.75, 3.05) is 0 Å². The quantitative estimate of drug-likeness (QED) is 0.140. The van der Waals surface area contributed by atoms with Crippen molar-refractivity contribution in [1.29, 1.82) is 0 Å². The molecule has 2 aliphatic carbocycles. The summed E-state index contributed by atoms with van der Waals surface area (Å²) < 4.78 is 7.26. The summed E-state index contributed by atoms with van der Waals surface area (Å²) in [6.45, 7) is 24.9. The second-order valence-corrected chi connectivity index (χ2v) is 16.8. The first kappa shape index (κ1) is 38.0. The van der Waals surface area contributed by atoms with Gasteiger partial charge in [-0.3, -0.25) is 4.57 Å². The first-order valence-electron chi connectivity index (χ1n) is 20.0. The standard InChI is InChI=1S/C45H51N4.C4H10/c1-29(2)36-18-13-19-37(30(3)4)42(36)48-24-23-46-44(48)40-17-11-12-22-41(40)47-25-26-49(43-38(31(5)6)20-14-21-39(43)32(7)8)45(47)35-27-33-15-9-10-16-34(33)28-35;1-4(2)3/h9,11-15,17-26,28-32H,10,16,27H2,1-8H3;4H,1-3H3/q+1;. The summed E-state index contributed by atoms with van der Waals surface area (Å²) in [4.78, 5) is 5.09. The Bertz CT molecular complexity index is 2100. The van der Waals surface area contributed by atoms with E-state index in [-0.39, 0.29) is 0 Å². The highest BCUT2D eigenvalue weighted by atomic mass is 15.2. The number of rotatable bonds is 9. The van der Waals surface area contributed by atoms with Crippen LogP contribution in [0, 0.1) is 5.92 Å². The highest BCUT2D eigenvalue weighted by Gasteiger charge is 2.33. The van der Waals surface area contributed by atoms with Gasteiger partial charge in [-0.15, -0.1) is 0 Å². The zero-order valence-corrected chi connectivity index (χ0v) is 34.1. The number of allylic oxidation sites excluding steroid dienone is 6. The summed E-state index contributed by atoms with van der Waals surface area (Å²) in [6.07, 6.45) is 19.0. The normalized spacial score (nSPS) is 14.2. The second-order valence-electron chi connectivity index (χ2n) is 16.8. The lowest BCUT2D eigenvalue weighted by molar-refractivity contribution is -0.598. The molecule has 2 heterocycles. The predicted molar refractivity (Wildman–Crippen MR) is 225 cm³/mol. The maximum absolute atomic E-state index is 5.09. The van der Waals surface area contributed by atoms with Crippen molar-refractivity contribution in [1.82, 2.24) is 14.1 Å². The van der Waals surface area contributed by atoms with Gasteiger partial charge in [-0.05, 0) is 82.9 Å². The predicted octanol–water partition coefficient (Wildman–Crippen LogP) is 13.2. The molecule has 0 N–H and O–H groups in total. The van der Waals surface area contributed by atoms with Gasteiger partial charge in [0.25, 0.3) is 5.82 Å². The molecule has 2 aromatic heterocycles. The molecule has 0 unspecified atom stereocenters. The minimum absolute atomic E-state index is 0.382. The maximum atomic E-state index is 5.09. The van der Waals surface area contributed by atoms with Crippen molar-refractivity contribution in [2.24, 2.45) is 5.92 Å². The fourth-order valence-electron chi connectivity index (χ4n) is 7.89. The summed E-state index contributed by atoms with van der Waals surface area (Å²) in [5.41, 5.74) is 14.5. The van der Waals surface area contributed by atoms with Crippen LogP contribution in [0.15, 0.2) is 115 Å². The highest BCUT2D eigenvalue weighted by Crippen LogP contribution is 2.40. The molecule has 0 spiro atoms. The zero-order valence-electron chi connectivity index (χ0n) is 34.1. The lowest BCUT2D eigenvalue weighted by Crippen LogP contribution is -2.37. The molecule has 2 aliphatic rings. The van der Waals surface area contributed by atoms with Gasteiger partial charge in [0.05, 0.1) is 11.3 Å². The third-order valence-corrected chi connectivity index (χ3v) is 10.4. The largest absolute Gasteiger partial charge is 0.299 e. The number of para-hydroxylation sites is 3.